The average Bonchev–Trinajstić information content (AvgIpc) is 2.79. The first-order valence-electron chi connectivity index (χ1n) is 8.90. The summed E-state index contributed by atoms with van der Waals surface area (Å²) in [7, 11) is 0. The van der Waals surface area contributed by atoms with E-state index in [4.69, 9.17) is 4.74 Å². The Morgan fingerprint density at radius 3 is 1.57 bits per heavy atom. The van der Waals surface area contributed by atoms with Crippen molar-refractivity contribution in [3.05, 3.63) is 71.8 Å². The number of hydrazine groups is 2. The van der Waals surface area contributed by atoms with Crippen molar-refractivity contribution < 1.29 is 28.7 Å². The molecule has 0 aliphatic carbocycles. The van der Waals surface area contributed by atoms with Gasteiger partial charge in [0.25, 0.3) is 17.7 Å². The molecule has 0 heterocycles. The number of carbonyl (C=O) groups is 5. The second kappa shape index (κ2) is 11.6. The summed E-state index contributed by atoms with van der Waals surface area (Å²) in [5.41, 5.74) is 9.39. The van der Waals surface area contributed by atoms with Crippen LogP contribution in [0.2, 0.25) is 0 Å². The number of carbonyl (C=O) groups excluding carboxylic acids is 5. The van der Waals surface area contributed by atoms with Gasteiger partial charge in [0.05, 0.1) is 6.42 Å². The zero-order chi connectivity index (χ0) is 21.8. The van der Waals surface area contributed by atoms with E-state index in [0.29, 0.717) is 11.1 Å². The third-order valence-corrected chi connectivity index (χ3v) is 3.62. The van der Waals surface area contributed by atoms with Crippen molar-refractivity contribution in [2.24, 2.45) is 0 Å². The second-order valence-electron chi connectivity index (χ2n) is 5.90. The number of esters is 1. The fraction of sp³-hybridized carbons (Fsp3) is 0.150. The van der Waals surface area contributed by atoms with Gasteiger partial charge in [-0.05, 0) is 24.3 Å². The zero-order valence-electron chi connectivity index (χ0n) is 15.8. The number of benzene rings is 2. The van der Waals surface area contributed by atoms with Gasteiger partial charge >= 0.3 is 5.97 Å². The first-order valence-corrected chi connectivity index (χ1v) is 8.90. The van der Waals surface area contributed by atoms with Gasteiger partial charge in [-0.3, -0.25) is 45.7 Å². The Morgan fingerprint density at radius 2 is 1.07 bits per heavy atom. The maximum Gasteiger partial charge on any atom is 0.306 e. The lowest BCUT2D eigenvalue weighted by atomic mass is 10.2. The molecule has 0 saturated heterocycles. The van der Waals surface area contributed by atoms with E-state index >= 15 is 0 Å². The van der Waals surface area contributed by atoms with E-state index in [1.807, 2.05) is 0 Å². The van der Waals surface area contributed by atoms with Crippen LogP contribution < -0.4 is 21.7 Å². The lowest BCUT2D eigenvalue weighted by Gasteiger charge is -2.09. The normalized spacial score (nSPS) is 9.73. The fourth-order valence-corrected chi connectivity index (χ4v) is 2.11. The summed E-state index contributed by atoms with van der Waals surface area (Å²) in [6, 6.07) is 16.5. The zero-order valence-corrected chi connectivity index (χ0v) is 15.8. The summed E-state index contributed by atoms with van der Waals surface area (Å²) in [6.45, 7) is -0.625. The predicted octanol–water partition coefficient (Wildman–Crippen LogP) is 0.232. The second-order valence-corrected chi connectivity index (χ2v) is 5.90. The van der Waals surface area contributed by atoms with Crippen molar-refractivity contribution in [2.75, 3.05) is 6.61 Å². The Morgan fingerprint density at radius 1 is 0.600 bits per heavy atom. The van der Waals surface area contributed by atoms with Crippen LogP contribution in [0.5, 0.6) is 0 Å². The Bertz CT molecular complexity index is 829. The summed E-state index contributed by atoms with van der Waals surface area (Å²) >= 11 is 0. The molecule has 0 atom stereocenters. The number of amides is 4. The molecule has 0 saturated carbocycles. The largest absolute Gasteiger partial charge is 0.455 e. The van der Waals surface area contributed by atoms with Crippen molar-refractivity contribution in [1.29, 1.82) is 0 Å². The minimum absolute atomic E-state index is 0.250. The third kappa shape index (κ3) is 7.80. The Kier molecular flexibility index (Phi) is 8.53. The molecule has 4 amide bonds. The lowest BCUT2D eigenvalue weighted by Crippen LogP contribution is -2.43. The van der Waals surface area contributed by atoms with Crippen molar-refractivity contribution in [3.8, 4) is 0 Å². The molecule has 2 rings (SSSR count). The Hall–Kier alpha value is -4.21. The molecule has 10 heteroatoms. The third-order valence-electron chi connectivity index (χ3n) is 3.62. The average molecular weight is 412 g/mol. The standard InChI is InChI=1S/C20H20N4O6/c25-16(21-23-19(28)14-7-3-1-4-8-14)11-12-18(27)30-13-17(26)22-24-20(29)15-9-5-2-6-10-15/h1-10H,11-13H2,(H,21,25)(H,22,26)(H,23,28)(H,24,29). The van der Waals surface area contributed by atoms with E-state index in [1.165, 1.54) is 0 Å². The van der Waals surface area contributed by atoms with E-state index in [0.717, 1.165) is 0 Å². The van der Waals surface area contributed by atoms with Crippen LogP contribution >= 0.6 is 0 Å². The molecule has 0 aliphatic heterocycles. The van der Waals surface area contributed by atoms with Crippen LogP contribution in [0.3, 0.4) is 0 Å². The van der Waals surface area contributed by atoms with Crippen LogP contribution in [0.1, 0.15) is 33.6 Å². The monoisotopic (exact) mass is 412 g/mol. The van der Waals surface area contributed by atoms with Crippen LogP contribution in [0, 0.1) is 0 Å². The topological polar surface area (TPSA) is 143 Å². The van der Waals surface area contributed by atoms with Crippen LogP contribution in [-0.2, 0) is 19.1 Å². The summed E-state index contributed by atoms with van der Waals surface area (Å²) < 4.78 is 4.72. The summed E-state index contributed by atoms with van der Waals surface area (Å²) in [5, 5.41) is 0. The Balaban J connectivity index is 1.58. The summed E-state index contributed by atoms with van der Waals surface area (Å²) in [5.74, 6) is -3.16. The van der Waals surface area contributed by atoms with E-state index in [1.54, 1.807) is 60.7 Å². The van der Waals surface area contributed by atoms with E-state index in [-0.39, 0.29) is 12.8 Å². The van der Waals surface area contributed by atoms with Gasteiger partial charge in [0.1, 0.15) is 0 Å². The molecule has 4 N–H and O–H groups in total. The molecule has 0 aromatic heterocycles. The Labute approximate surface area is 171 Å². The van der Waals surface area contributed by atoms with Gasteiger partial charge in [0.2, 0.25) is 5.91 Å². The minimum Gasteiger partial charge on any atom is -0.455 e. The van der Waals surface area contributed by atoms with E-state index < -0.39 is 36.2 Å². The maximum absolute atomic E-state index is 11.8. The number of hydrogen-bond donors (Lipinski definition) is 4. The van der Waals surface area contributed by atoms with Gasteiger partial charge in [-0.15, -0.1) is 0 Å². The molecule has 0 unspecified atom stereocenters. The van der Waals surface area contributed by atoms with Crippen LogP contribution in [0.25, 0.3) is 0 Å². The summed E-state index contributed by atoms with van der Waals surface area (Å²) in [4.78, 5) is 58.4. The molecule has 0 radical (unpaired) electrons. The molecule has 0 spiro atoms. The predicted molar refractivity (Wildman–Crippen MR) is 104 cm³/mol. The summed E-state index contributed by atoms with van der Waals surface area (Å²) in [6.07, 6.45) is -0.545. The van der Waals surface area contributed by atoms with Crippen molar-refractivity contribution in [1.82, 2.24) is 21.7 Å². The van der Waals surface area contributed by atoms with Crippen molar-refractivity contribution in [3.63, 3.8) is 0 Å². The highest BCUT2D eigenvalue weighted by Gasteiger charge is 2.12. The van der Waals surface area contributed by atoms with Crippen LogP contribution in [0.15, 0.2) is 60.7 Å². The van der Waals surface area contributed by atoms with Gasteiger partial charge in [0.15, 0.2) is 6.61 Å². The van der Waals surface area contributed by atoms with E-state index in [9.17, 15) is 24.0 Å². The van der Waals surface area contributed by atoms with Gasteiger partial charge in [-0.1, -0.05) is 36.4 Å². The molecule has 156 valence electrons. The lowest BCUT2D eigenvalue weighted by molar-refractivity contribution is -0.149. The molecule has 0 bridgehead atoms. The first-order chi connectivity index (χ1) is 14.5. The number of hydrogen-bond acceptors (Lipinski definition) is 6. The SMILES string of the molecule is O=C(CCC(=O)OCC(=O)NNC(=O)c1ccccc1)NNC(=O)c1ccccc1. The first kappa shape index (κ1) is 22.1. The van der Waals surface area contributed by atoms with Gasteiger partial charge in [0, 0.05) is 17.5 Å². The highest BCUT2D eigenvalue weighted by molar-refractivity contribution is 5.96. The molecule has 0 fully saturated rings. The fourth-order valence-electron chi connectivity index (χ4n) is 2.11. The van der Waals surface area contributed by atoms with Gasteiger partial charge in [-0.25, -0.2) is 0 Å². The van der Waals surface area contributed by atoms with Crippen molar-refractivity contribution in [2.45, 2.75) is 12.8 Å². The van der Waals surface area contributed by atoms with Gasteiger partial charge in [-0.2, -0.15) is 0 Å². The van der Waals surface area contributed by atoms with Gasteiger partial charge < -0.3 is 4.74 Å². The molecule has 2 aromatic carbocycles. The molecule has 0 aliphatic rings. The maximum atomic E-state index is 11.8. The molecular formula is C20H20N4O6. The van der Waals surface area contributed by atoms with Crippen LogP contribution in [0.4, 0.5) is 0 Å². The molecule has 2 aromatic rings. The smallest absolute Gasteiger partial charge is 0.306 e. The minimum atomic E-state index is -0.788. The van der Waals surface area contributed by atoms with Crippen molar-refractivity contribution >= 4 is 29.6 Å². The molecule has 30 heavy (non-hydrogen) atoms. The molecular weight excluding hydrogens is 392 g/mol. The number of rotatable bonds is 7. The van der Waals surface area contributed by atoms with Crippen LogP contribution in [-0.4, -0.2) is 36.2 Å². The highest BCUT2D eigenvalue weighted by atomic mass is 16.5. The van der Waals surface area contributed by atoms with E-state index in [2.05, 4.69) is 21.7 Å². The molecule has 10 nitrogen and oxygen atoms in total. The quantitative estimate of drug-likeness (QED) is 0.379. The highest BCUT2D eigenvalue weighted by Crippen LogP contribution is 1.98. The number of nitrogens with one attached hydrogen (secondary N) is 4. The number of ether oxygens (including phenoxy) is 1.